The first-order valence-electron chi connectivity index (χ1n) is 6.40. The van der Waals surface area contributed by atoms with E-state index in [1.54, 1.807) is 6.07 Å². The van der Waals surface area contributed by atoms with E-state index in [1.807, 2.05) is 48.9 Å². The third kappa shape index (κ3) is 3.64. The Kier molecular flexibility index (Phi) is 5.01. The molecule has 2 aromatic rings. The molecular weight excluding hydrogens is 286 g/mol. The van der Waals surface area contributed by atoms with Gasteiger partial charge in [0.05, 0.1) is 27.7 Å². The van der Waals surface area contributed by atoms with Gasteiger partial charge in [0, 0.05) is 0 Å². The fraction of sp³-hybridized carbons (Fsp3) is 0.267. The summed E-state index contributed by atoms with van der Waals surface area (Å²) in [7, 11) is 0. The molecule has 0 amide bonds. The summed E-state index contributed by atoms with van der Waals surface area (Å²) in [4.78, 5) is 12.4. The van der Waals surface area contributed by atoms with E-state index in [9.17, 15) is 4.79 Å². The number of para-hydroxylation sites is 1. The molecular formula is C15H15N3O2S. The molecule has 21 heavy (non-hydrogen) atoms. The highest BCUT2D eigenvalue weighted by Gasteiger charge is 2.15. The first-order chi connectivity index (χ1) is 10.1. The summed E-state index contributed by atoms with van der Waals surface area (Å²) in [6.07, 6.45) is 0. The number of hydrogen-bond donors (Lipinski definition) is 0. The fourth-order valence-electron chi connectivity index (χ4n) is 1.94. The number of nitrogens with zero attached hydrogens (tertiary/aromatic N) is 3. The number of benzene rings is 1. The summed E-state index contributed by atoms with van der Waals surface area (Å²) < 4.78 is 6.60. The minimum absolute atomic E-state index is 0.170. The molecule has 6 heteroatoms. The number of carbonyl (C=O) groups excluding carboxylic acids is 1. The van der Waals surface area contributed by atoms with Crippen LogP contribution in [0, 0.1) is 25.2 Å². The number of ether oxygens (including phenoxy) is 1. The van der Waals surface area contributed by atoms with Crippen molar-refractivity contribution < 1.29 is 9.53 Å². The Bertz CT molecular complexity index is 674. The van der Waals surface area contributed by atoms with Crippen LogP contribution in [-0.4, -0.2) is 28.1 Å². The molecule has 0 aliphatic rings. The SMILES string of the molecule is Cc1nn(-c2ccccc2)c(C)c1SCC(=O)OCC#N. The van der Waals surface area contributed by atoms with Crippen LogP contribution >= 0.6 is 11.8 Å². The van der Waals surface area contributed by atoms with Crippen molar-refractivity contribution in [3.8, 4) is 11.8 Å². The third-order valence-corrected chi connectivity index (χ3v) is 4.12. The van der Waals surface area contributed by atoms with Crippen molar-refractivity contribution in [3.63, 3.8) is 0 Å². The summed E-state index contributed by atoms with van der Waals surface area (Å²) in [5, 5.41) is 12.9. The highest BCUT2D eigenvalue weighted by atomic mass is 32.2. The quantitative estimate of drug-likeness (QED) is 0.627. The number of rotatable bonds is 5. The van der Waals surface area contributed by atoms with Crippen molar-refractivity contribution in [2.45, 2.75) is 18.7 Å². The molecule has 0 saturated heterocycles. The smallest absolute Gasteiger partial charge is 0.317 e. The highest BCUT2D eigenvalue weighted by molar-refractivity contribution is 8.00. The Labute approximate surface area is 127 Å². The van der Waals surface area contributed by atoms with Gasteiger partial charge < -0.3 is 4.74 Å². The summed E-state index contributed by atoms with van der Waals surface area (Å²) >= 11 is 1.38. The van der Waals surface area contributed by atoms with Crippen LogP contribution in [0.2, 0.25) is 0 Å². The van der Waals surface area contributed by atoms with E-state index in [2.05, 4.69) is 5.10 Å². The lowest BCUT2D eigenvalue weighted by atomic mass is 10.3. The average Bonchev–Trinajstić information content (AvgIpc) is 2.79. The molecule has 1 aromatic carbocycles. The predicted molar refractivity (Wildman–Crippen MR) is 80.3 cm³/mol. The molecule has 2 rings (SSSR count). The molecule has 0 aliphatic carbocycles. The molecule has 1 aromatic heterocycles. The maximum absolute atomic E-state index is 11.5. The van der Waals surface area contributed by atoms with Gasteiger partial charge in [-0.05, 0) is 26.0 Å². The lowest BCUT2D eigenvalue weighted by molar-refractivity contribution is -0.139. The maximum atomic E-state index is 11.5. The lowest BCUT2D eigenvalue weighted by Crippen LogP contribution is -2.07. The van der Waals surface area contributed by atoms with Crippen LogP contribution in [-0.2, 0) is 9.53 Å². The minimum atomic E-state index is -0.396. The lowest BCUT2D eigenvalue weighted by Gasteiger charge is -2.05. The van der Waals surface area contributed by atoms with Crippen LogP contribution in [0.3, 0.4) is 0 Å². The number of esters is 1. The van der Waals surface area contributed by atoms with Gasteiger partial charge >= 0.3 is 5.97 Å². The molecule has 0 N–H and O–H groups in total. The number of aryl methyl sites for hydroxylation is 1. The van der Waals surface area contributed by atoms with E-state index in [0.717, 1.165) is 22.0 Å². The number of thioether (sulfide) groups is 1. The Hall–Kier alpha value is -2.26. The fourth-order valence-corrected chi connectivity index (χ4v) is 2.83. The third-order valence-electron chi connectivity index (χ3n) is 2.86. The molecule has 108 valence electrons. The van der Waals surface area contributed by atoms with Crippen LogP contribution in [0.25, 0.3) is 5.69 Å². The van der Waals surface area contributed by atoms with Gasteiger partial charge in [-0.3, -0.25) is 4.79 Å². The molecule has 0 unspecified atom stereocenters. The summed E-state index contributed by atoms with van der Waals surface area (Å²) in [6.45, 7) is 3.67. The van der Waals surface area contributed by atoms with Crippen LogP contribution in [0.1, 0.15) is 11.4 Å². The molecule has 0 spiro atoms. The zero-order chi connectivity index (χ0) is 15.2. The van der Waals surface area contributed by atoms with Crippen LogP contribution in [0.4, 0.5) is 0 Å². The van der Waals surface area contributed by atoms with Gasteiger partial charge in [0.25, 0.3) is 0 Å². The Morgan fingerprint density at radius 1 is 1.38 bits per heavy atom. The maximum Gasteiger partial charge on any atom is 0.317 e. The first kappa shape index (κ1) is 15.1. The van der Waals surface area contributed by atoms with Gasteiger partial charge in [0.2, 0.25) is 0 Å². The van der Waals surface area contributed by atoms with E-state index in [0.29, 0.717) is 0 Å². The van der Waals surface area contributed by atoms with E-state index in [-0.39, 0.29) is 12.4 Å². The van der Waals surface area contributed by atoms with Gasteiger partial charge in [0.1, 0.15) is 6.07 Å². The Balaban J connectivity index is 2.13. The van der Waals surface area contributed by atoms with Crippen molar-refractivity contribution in [3.05, 3.63) is 41.7 Å². The van der Waals surface area contributed by atoms with Gasteiger partial charge in [-0.1, -0.05) is 18.2 Å². The summed E-state index contributed by atoms with van der Waals surface area (Å²) in [5.41, 5.74) is 2.84. The predicted octanol–water partition coefficient (Wildman–Crippen LogP) is 2.65. The second kappa shape index (κ2) is 6.95. The monoisotopic (exact) mass is 301 g/mol. The topological polar surface area (TPSA) is 67.9 Å². The van der Waals surface area contributed by atoms with Crippen molar-refractivity contribution >= 4 is 17.7 Å². The van der Waals surface area contributed by atoms with E-state index >= 15 is 0 Å². The van der Waals surface area contributed by atoms with Crippen LogP contribution in [0.5, 0.6) is 0 Å². The molecule has 0 atom stereocenters. The number of carbonyl (C=O) groups is 1. The average molecular weight is 301 g/mol. The van der Waals surface area contributed by atoms with E-state index in [4.69, 9.17) is 10.00 Å². The van der Waals surface area contributed by atoms with Gasteiger partial charge in [-0.25, -0.2) is 4.68 Å². The first-order valence-corrected chi connectivity index (χ1v) is 7.39. The van der Waals surface area contributed by atoms with Crippen molar-refractivity contribution in [1.29, 1.82) is 5.26 Å². The number of hydrogen-bond acceptors (Lipinski definition) is 5. The molecule has 0 bridgehead atoms. The number of nitriles is 1. The van der Waals surface area contributed by atoms with Gasteiger partial charge in [-0.15, -0.1) is 11.8 Å². The number of aromatic nitrogens is 2. The molecule has 0 radical (unpaired) electrons. The second-order valence-electron chi connectivity index (χ2n) is 4.35. The molecule has 0 fully saturated rings. The van der Waals surface area contributed by atoms with Gasteiger partial charge in [0.15, 0.2) is 6.61 Å². The summed E-state index contributed by atoms with van der Waals surface area (Å²) in [5.74, 6) is -0.225. The van der Waals surface area contributed by atoms with Crippen molar-refractivity contribution in [1.82, 2.24) is 9.78 Å². The van der Waals surface area contributed by atoms with Crippen molar-refractivity contribution in [2.75, 3.05) is 12.4 Å². The molecule has 5 nitrogen and oxygen atoms in total. The largest absolute Gasteiger partial charge is 0.450 e. The minimum Gasteiger partial charge on any atom is -0.450 e. The molecule has 1 heterocycles. The van der Waals surface area contributed by atoms with Gasteiger partial charge in [-0.2, -0.15) is 10.4 Å². The zero-order valence-corrected chi connectivity index (χ0v) is 12.7. The van der Waals surface area contributed by atoms with E-state index in [1.165, 1.54) is 11.8 Å². The Morgan fingerprint density at radius 2 is 2.10 bits per heavy atom. The second-order valence-corrected chi connectivity index (χ2v) is 5.34. The highest BCUT2D eigenvalue weighted by Crippen LogP contribution is 2.27. The van der Waals surface area contributed by atoms with Crippen LogP contribution in [0.15, 0.2) is 35.2 Å². The van der Waals surface area contributed by atoms with E-state index < -0.39 is 5.97 Å². The standard InChI is InChI=1S/C15H15N3O2S/c1-11-15(21-10-14(19)20-9-8-16)12(2)18(17-11)13-6-4-3-5-7-13/h3-7H,9-10H2,1-2H3. The normalized spacial score (nSPS) is 10.1. The zero-order valence-electron chi connectivity index (χ0n) is 11.9. The van der Waals surface area contributed by atoms with Crippen molar-refractivity contribution in [2.24, 2.45) is 0 Å². The Morgan fingerprint density at radius 3 is 2.76 bits per heavy atom. The summed E-state index contributed by atoms with van der Waals surface area (Å²) in [6, 6.07) is 11.6. The molecule has 0 aliphatic heterocycles. The van der Waals surface area contributed by atoms with Crippen LogP contribution < -0.4 is 0 Å². The molecule has 0 saturated carbocycles.